The van der Waals surface area contributed by atoms with Crippen LogP contribution in [0, 0.1) is 5.92 Å². The molecule has 1 heterocycles. The number of benzene rings is 1. The Balaban J connectivity index is 2.00. The fraction of sp³-hybridized carbons (Fsp3) is 0.571. The molecule has 1 aliphatic rings. The van der Waals surface area contributed by atoms with Gasteiger partial charge in [-0.15, -0.1) is 0 Å². The van der Waals surface area contributed by atoms with Crippen LogP contribution in [0.1, 0.15) is 31.9 Å². The molecule has 16 heavy (non-hydrogen) atoms. The number of aliphatic hydroxyl groups excluding tert-OH is 1. The van der Waals surface area contributed by atoms with Gasteiger partial charge in [-0.25, -0.2) is 0 Å². The molecule has 0 radical (unpaired) electrons. The first-order valence-corrected chi connectivity index (χ1v) is 6.15. The van der Waals surface area contributed by atoms with Crippen molar-refractivity contribution in [1.82, 2.24) is 4.90 Å². The second-order valence-corrected chi connectivity index (χ2v) is 4.99. The molecular weight excluding hydrogens is 198 g/mol. The molecule has 2 rings (SSSR count). The summed E-state index contributed by atoms with van der Waals surface area (Å²) in [4.78, 5) is 2.44. The van der Waals surface area contributed by atoms with Crippen molar-refractivity contribution in [1.29, 1.82) is 0 Å². The van der Waals surface area contributed by atoms with Gasteiger partial charge in [0.05, 0.1) is 6.10 Å². The van der Waals surface area contributed by atoms with Crippen LogP contribution in [0.5, 0.6) is 0 Å². The Bertz CT molecular complexity index is 323. The van der Waals surface area contributed by atoms with E-state index in [-0.39, 0.29) is 6.10 Å². The maximum Gasteiger partial charge on any atom is 0.0830 e. The summed E-state index contributed by atoms with van der Waals surface area (Å²) in [5.74, 6) is 0.393. The van der Waals surface area contributed by atoms with Gasteiger partial charge in [-0.05, 0) is 32.4 Å². The number of hydrogen-bond acceptors (Lipinski definition) is 2. The Labute approximate surface area is 97.9 Å². The fourth-order valence-electron chi connectivity index (χ4n) is 2.46. The molecule has 0 spiro atoms. The molecule has 1 saturated heterocycles. The van der Waals surface area contributed by atoms with Crippen LogP contribution in [0.4, 0.5) is 0 Å². The number of hydrogen-bond donors (Lipinski definition) is 1. The molecule has 1 N–H and O–H groups in total. The summed E-state index contributed by atoms with van der Waals surface area (Å²) < 4.78 is 0. The van der Waals surface area contributed by atoms with Crippen LogP contribution < -0.4 is 0 Å². The maximum atomic E-state index is 10.3. The highest BCUT2D eigenvalue weighted by molar-refractivity contribution is 5.18. The number of rotatable bonds is 3. The lowest BCUT2D eigenvalue weighted by Gasteiger charge is -2.22. The van der Waals surface area contributed by atoms with Gasteiger partial charge in [0.25, 0.3) is 0 Å². The number of aliphatic hydroxyl groups is 1. The second kappa shape index (κ2) is 4.98. The molecule has 2 nitrogen and oxygen atoms in total. The summed E-state index contributed by atoms with van der Waals surface area (Å²) in [6.07, 6.45) is 0.804. The molecular formula is C14H21NO. The Morgan fingerprint density at radius 1 is 1.25 bits per heavy atom. The van der Waals surface area contributed by atoms with Crippen LogP contribution in [0.2, 0.25) is 0 Å². The van der Waals surface area contributed by atoms with E-state index in [1.807, 2.05) is 30.3 Å². The van der Waals surface area contributed by atoms with Gasteiger partial charge in [0.1, 0.15) is 0 Å². The van der Waals surface area contributed by atoms with Crippen LogP contribution in [0.3, 0.4) is 0 Å². The molecule has 0 saturated carbocycles. The molecule has 0 amide bonds. The average molecular weight is 219 g/mol. The molecule has 0 aromatic heterocycles. The van der Waals surface area contributed by atoms with E-state index in [1.165, 1.54) is 0 Å². The Hall–Kier alpha value is -0.860. The summed E-state index contributed by atoms with van der Waals surface area (Å²) in [6, 6.07) is 10.6. The standard InChI is InChI=1S/C14H21NO/c1-11(2)15-9-8-13(10-15)14(16)12-6-4-3-5-7-12/h3-7,11,13-14,16H,8-10H2,1-2H3. The lowest BCUT2D eigenvalue weighted by molar-refractivity contribution is 0.108. The van der Waals surface area contributed by atoms with Crippen molar-refractivity contribution in [2.45, 2.75) is 32.4 Å². The average Bonchev–Trinajstić information content (AvgIpc) is 2.78. The summed E-state index contributed by atoms with van der Waals surface area (Å²) in [5, 5.41) is 10.3. The zero-order valence-electron chi connectivity index (χ0n) is 10.1. The molecule has 1 aromatic carbocycles. The third-order valence-electron chi connectivity index (χ3n) is 3.57. The van der Waals surface area contributed by atoms with Gasteiger partial charge in [-0.3, -0.25) is 0 Å². The quantitative estimate of drug-likeness (QED) is 0.844. The molecule has 1 fully saturated rings. The first kappa shape index (κ1) is 11.6. The van der Waals surface area contributed by atoms with Gasteiger partial charge in [0.15, 0.2) is 0 Å². The third kappa shape index (κ3) is 2.45. The van der Waals surface area contributed by atoms with Crippen molar-refractivity contribution in [2.75, 3.05) is 13.1 Å². The number of nitrogens with zero attached hydrogens (tertiary/aromatic N) is 1. The van der Waals surface area contributed by atoms with Gasteiger partial charge in [0, 0.05) is 18.5 Å². The van der Waals surface area contributed by atoms with Crippen LogP contribution in [0.25, 0.3) is 0 Å². The molecule has 0 bridgehead atoms. The molecule has 1 aliphatic heterocycles. The van der Waals surface area contributed by atoms with E-state index in [1.54, 1.807) is 0 Å². The molecule has 2 heteroatoms. The summed E-state index contributed by atoms with van der Waals surface area (Å²) >= 11 is 0. The van der Waals surface area contributed by atoms with E-state index in [4.69, 9.17) is 0 Å². The highest BCUT2D eigenvalue weighted by atomic mass is 16.3. The molecule has 88 valence electrons. The lowest BCUT2D eigenvalue weighted by atomic mass is 9.95. The Morgan fingerprint density at radius 3 is 2.50 bits per heavy atom. The van der Waals surface area contributed by atoms with Crippen LogP contribution in [-0.4, -0.2) is 29.1 Å². The minimum Gasteiger partial charge on any atom is -0.388 e. The predicted octanol–water partition coefficient (Wildman–Crippen LogP) is 2.45. The third-order valence-corrected chi connectivity index (χ3v) is 3.57. The van der Waals surface area contributed by atoms with Gasteiger partial charge >= 0.3 is 0 Å². The maximum absolute atomic E-state index is 10.3. The van der Waals surface area contributed by atoms with E-state index in [9.17, 15) is 5.11 Å². The Kier molecular flexibility index (Phi) is 3.62. The summed E-state index contributed by atoms with van der Waals surface area (Å²) in [6.45, 7) is 6.58. The minimum atomic E-state index is -0.301. The molecule has 2 atom stereocenters. The highest BCUT2D eigenvalue weighted by Crippen LogP contribution is 2.30. The zero-order chi connectivity index (χ0) is 11.5. The molecule has 0 aliphatic carbocycles. The van der Waals surface area contributed by atoms with Gasteiger partial charge in [-0.2, -0.15) is 0 Å². The van der Waals surface area contributed by atoms with Gasteiger partial charge in [-0.1, -0.05) is 30.3 Å². The smallest absolute Gasteiger partial charge is 0.0830 e. The Morgan fingerprint density at radius 2 is 1.94 bits per heavy atom. The topological polar surface area (TPSA) is 23.5 Å². The van der Waals surface area contributed by atoms with Crippen molar-refractivity contribution < 1.29 is 5.11 Å². The minimum absolute atomic E-state index is 0.301. The van der Waals surface area contributed by atoms with Crippen LogP contribution in [-0.2, 0) is 0 Å². The normalized spacial score (nSPS) is 23.9. The van der Waals surface area contributed by atoms with Crippen molar-refractivity contribution in [3.05, 3.63) is 35.9 Å². The zero-order valence-corrected chi connectivity index (χ0v) is 10.1. The SMILES string of the molecule is CC(C)N1CCC(C(O)c2ccccc2)C1. The van der Waals surface area contributed by atoms with E-state index >= 15 is 0 Å². The van der Waals surface area contributed by atoms with E-state index in [0.717, 1.165) is 25.1 Å². The number of likely N-dealkylation sites (tertiary alicyclic amines) is 1. The fourth-order valence-corrected chi connectivity index (χ4v) is 2.46. The van der Waals surface area contributed by atoms with Crippen molar-refractivity contribution in [3.63, 3.8) is 0 Å². The highest BCUT2D eigenvalue weighted by Gasteiger charge is 2.29. The summed E-state index contributed by atoms with van der Waals surface area (Å²) in [5.41, 5.74) is 1.05. The van der Waals surface area contributed by atoms with Crippen molar-refractivity contribution in [2.24, 2.45) is 5.92 Å². The van der Waals surface area contributed by atoms with E-state index in [0.29, 0.717) is 12.0 Å². The van der Waals surface area contributed by atoms with Crippen LogP contribution in [0.15, 0.2) is 30.3 Å². The predicted molar refractivity (Wildman–Crippen MR) is 66.2 cm³/mol. The summed E-state index contributed by atoms with van der Waals surface area (Å²) in [7, 11) is 0. The second-order valence-electron chi connectivity index (χ2n) is 4.99. The van der Waals surface area contributed by atoms with Gasteiger partial charge in [0.2, 0.25) is 0 Å². The first-order valence-electron chi connectivity index (χ1n) is 6.15. The first-order chi connectivity index (χ1) is 7.68. The molecule has 2 unspecified atom stereocenters. The van der Waals surface area contributed by atoms with E-state index < -0.39 is 0 Å². The van der Waals surface area contributed by atoms with Gasteiger partial charge < -0.3 is 10.0 Å². The lowest BCUT2D eigenvalue weighted by Crippen LogP contribution is -2.29. The molecule has 1 aromatic rings. The monoisotopic (exact) mass is 219 g/mol. The largest absolute Gasteiger partial charge is 0.388 e. The van der Waals surface area contributed by atoms with E-state index in [2.05, 4.69) is 18.7 Å². The van der Waals surface area contributed by atoms with Crippen molar-refractivity contribution in [3.8, 4) is 0 Å². The van der Waals surface area contributed by atoms with Crippen LogP contribution >= 0.6 is 0 Å². The van der Waals surface area contributed by atoms with Crippen molar-refractivity contribution >= 4 is 0 Å².